The van der Waals surface area contributed by atoms with Crippen LogP contribution in [0.15, 0.2) is 54.6 Å². The Balaban J connectivity index is 0.000000276. The summed E-state index contributed by atoms with van der Waals surface area (Å²) in [6.45, 7) is 0. The molecule has 0 spiro atoms. The number of rotatable bonds is 0. The van der Waals surface area contributed by atoms with Crippen LogP contribution in [0.2, 0.25) is 0 Å². The van der Waals surface area contributed by atoms with Crippen molar-refractivity contribution in [2.45, 2.75) is 0 Å². The molecule has 0 aromatic heterocycles. The maximum absolute atomic E-state index is 9.75. The van der Waals surface area contributed by atoms with Gasteiger partial charge in [0.1, 0.15) is 0 Å². The lowest BCUT2D eigenvalue weighted by Gasteiger charge is -2.08. The monoisotopic (exact) mass is 316 g/mol. The Morgan fingerprint density at radius 1 is 0.696 bits per heavy atom. The van der Waals surface area contributed by atoms with Gasteiger partial charge in [-0.15, -0.1) is 0 Å². The van der Waals surface area contributed by atoms with Crippen LogP contribution in [-0.4, -0.2) is 7.25 Å². The molecule has 2 nitrogen and oxygen atoms in total. The van der Waals surface area contributed by atoms with Crippen LogP contribution in [0.4, 0.5) is 23.0 Å². The van der Waals surface area contributed by atoms with Crippen LogP contribution in [0.1, 0.15) is 0 Å². The zero-order valence-electron chi connectivity index (χ0n) is 11.7. The molecular weight excluding hydrogens is 307 g/mol. The second-order valence-corrected chi connectivity index (χ2v) is 5.04. The summed E-state index contributed by atoms with van der Waals surface area (Å²) in [4.78, 5) is 3.38. The van der Waals surface area contributed by atoms with Gasteiger partial charge in [-0.2, -0.15) is 0 Å². The number of benzene rings is 4. The highest BCUT2D eigenvalue weighted by Crippen LogP contribution is 2.38. The Morgan fingerprint density at radius 2 is 1.17 bits per heavy atom. The molecule has 0 fully saturated rings. The summed E-state index contributed by atoms with van der Waals surface area (Å²) in [5.41, 5.74) is 0.626. The zero-order chi connectivity index (χ0) is 16.6. The lowest BCUT2D eigenvalue weighted by molar-refractivity contribution is 0.368. The van der Waals surface area contributed by atoms with Crippen molar-refractivity contribution in [2.75, 3.05) is 0 Å². The summed E-state index contributed by atoms with van der Waals surface area (Å²) in [7, 11) is -6.00. The van der Waals surface area contributed by atoms with E-state index in [4.69, 9.17) is 5.39 Å². The maximum Gasteiger partial charge on any atom is 0.673 e. The van der Waals surface area contributed by atoms with Gasteiger partial charge in [-0.1, -0.05) is 36.4 Å². The largest absolute Gasteiger partial charge is 0.673 e. The number of hydrogen-bond donors (Lipinski definition) is 0. The van der Waals surface area contributed by atoms with E-state index in [1.165, 1.54) is 26.9 Å². The third-order valence-electron chi connectivity index (χ3n) is 3.61. The average molecular weight is 316 g/mol. The molecular formula is C16H9BF4N2. The summed E-state index contributed by atoms with van der Waals surface area (Å²) in [5, 5.41) is 16.1. The van der Waals surface area contributed by atoms with Crippen LogP contribution in [0.5, 0.6) is 0 Å². The molecule has 0 saturated carbocycles. The molecule has 0 heterocycles. The van der Waals surface area contributed by atoms with Gasteiger partial charge in [-0.25, -0.2) is 0 Å². The standard InChI is InChI=1S/C16H9N2.BF4/c17-18-14-9-7-12-5-4-10-2-1-3-11-6-8-13(14)16(12)15(10)11;2-1(3,4)5/h1-9H;/q+1;-1. The van der Waals surface area contributed by atoms with E-state index in [0.29, 0.717) is 5.69 Å². The van der Waals surface area contributed by atoms with E-state index < -0.39 is 7.25 Å². The second-order valence-electron chi connectivity index (χ2n) is 5.04. The minimum atomic E-state index is -6.00. The molecule has 0 aliphatic heterocycles. The predicted octanol–water partition coefficient (Wildman–Crippen LogP) is 6.37. The van der Waals surface area contributed by atoms with Crippen LogP contribution in [0.3, 0.4) is 0 Å². The van der Waals surface area contributed by atoms with Gasteiger partial charge in [0.05, 0.1) is 5.39 Å². The van der Waals surface area contributed by atoms with Crippen LogP contribution in [-0.2, 0) is 0 Å². The Kier molecular flexibility index (Phi) is 3.53. The minimum absolute atomic E-state index is 0.626. The lowest BCUT2D eigenvalue weighted by Crippen LogP contribution is -2.02. The highest BCUT2D eigenvalue weighted by Gasteiger charge is 2.20. The molecule has 0 radical (unpaired) electrons. The van der Waals surface area contributed by atoms with E-state index in [1.807, 2.05) is 18.2 Å². The Morgan fingerprint density at radius 3 is 1.74 bits per heavy atom. The average Bonchev–Trinajstić information content (AvgIpc) is 2.51. The van der Waals surface area contributed by atoms with Crippen LogP contribution < -0.4 is 0 Å². The Labute approximate surface area is 128 Å². The van der Waals surface area contributed by atoms with E-state index in [9.17, 15) is 17.3 Å². The van der Waals surface area contributed by atoms with Crippen molar-refractivity contribution in [1.29, 1.82) is 5.39 Å². The van der Waals surface area contributed by atoms with Gasteiger partial charge in [-0.05, 0) is 33.7 Å². The fourth-order valence-corrected chi connectivity index (χ4v) is 2.81. The van der Waals surface area contributed by atoms with E-state index in [1.54, 1.807) is 0 Å². The molecule has 4 aromatic carbocycles. The van der Waals surface area contributed by atoms with E-state index in [-0.39, 0.29) is 0 Å². The van der Waals surface area contributed by atoms with Gasteiger partial charge < -0.3 is 17.3 Å². The first-order chi connectivity index (χ1) is 10.9. The first-order valence-electron chi connectivity index (χ1n) is 6.77. The molecule has 0 amide bonds. The van der Waals surface area contributed by atoms with Crippen molar-refractivity contribution in [3.8, 4) is 0 Å². The molecule has 0 N–H and O–H groups in total. The first kappa shape index (κ1) is 15.0. The molecule has 114 valence electrons. The van der Waals surface area contributed by atoms with E-state index in [2.05, 4.69) is 41.4 Å². The van der Waals surface area contributed by atoms with Crippen molar-refractivity contribution in [3.63, 3.8) is 0 Å². The smallest absolute Gasteiger partial charge is 0.418 e. The topological polar surface area (TPSA) is 28.1 Å². The number of diazo groups is 1. The fraction of sp³-hybridized carbons (Fsp3) is 0. The van der Waals surface area contributed by atoms with Crippen molar-refractivity contribution in [3.05, 3.63) is 59.6 Å². The first-order valence-corrected chi connectivity index (χ1v) is 6.77. The molecule has 0 saturated heterocycles. The summed E-state index contributed by atoms with van der Waals surface area (Å²) < 4.78 is 39.0. The van der Waals surface area contributed by atoms with Crippen molar-refractivity contribution >= 4 is 45.3 Å². The normalized spacial score (nSPS) is 11.4. The highest BCUT2D eigenvalue weighted by atomic mass is 19.5. The molecule has 4 rings (SSSR count). The Hall–Kier alpha value is -2.88. The second kappa shape index (κ2) is 5.40. The summed E-state index contributed by atoms with van der Waals surface area (Å²) in [6, 6.07) is 18.5. The van der Waals surface area contributed by atoms with E-state index in [0.717, 1.165) is 5.39 Å². The predicted molar refractivity (Wildman–Crippen MR) is 85.1 cm³/mol. The molecule has 23 heavy (non-hydrogen) atoms. The van der Waals surface area contributed by atoms with Gasteiger partial charge >= 0.3 is 12.9 Å². The molecule has 7 heteroatoms. The van der Waals surface area contributed by atoms with E-state index >= 15 is 0 Å². The summed E-state index contributed by atoms with van der Waals surface area (Å²) in [5.74, 6) is 0. The molecule has 4 aromatic rings. The quantitative estimate of drug-likeness (QED) is 0.160. The van der Waals surface area contributed by atoms with Crippen molar-refractivity contribution in [1.82, 2.24) is 0 Å². The Bertz CT molecular complexity index is 1020. The molecule has 0 bridgehead atoms. The molecule has 0 unspecified atom stereocenters. The van der Waals surface area contributed by atoms with Crippen LogP contribution >= 0.6 is 0 Å². The molecule has 0 aliphatic carbocycles. The van der Waals surface area contributed by atoms with Crippen molar-refractivity contribution < 1.29 is 17.3 Å². The van der Waals surface area contributed by atoms with Gasteiger partial charge in [0.25, 0.3) is 0 Å². The number of hydrogen-bond acceptors (Lipinski definition) is 1. The fourth-order valence-electron chi connectivity index (χ4n) is 2.81. The van der Waals surface area contributed by atoms with Crippen LogP contribution in [0.25, 0.3) is 37.3 Å². The number of halogens is 4. The minimum Gasteiger partial charge on any atom is -0.418 e. The molecule has 0 aliphatic rings. The SMILES string of the molecule is F[B-](F)(F)F.N#[N+]c1ccc2ccc3cccc4ccc1c2c34. The maximum atomic E-state index is 9.75. The van der Waals surface area contributed by atoms with Gasteiger partial charge in [0.15, 0.2) is 4.98 Å². The molecule has 0 atom stereocenters. The highest BCUT2D eigenvalue weighted by molar-refractivity contribution is 6.50. The van der Waals surface area contributed by atoms with Gasteiger partial charge in [0, 0.05) is 11.5 Å². The van der Waals surface area contributed by atoms with Crippen LogP contribution in [0, 0.1) is 5.39 Å². The third-order valence-corrected chi connectivity index (χ3v) is 3.61. The zero-order valence-corrected chi connectivity index (χ0v) is 11.7. The lowest BCUT2D eigenvalue weighted by atomic mass is 9.94. The summed E-state index contributed by atoms with van der Waals surface area (Å²) >= 11 is 0. The third kappa shape index (κ3) is 2.88. The van der Waals surface area contributed by atoms with Gasteiger partial charge in [-0.3, -0.25) is 0 Å². The van der Waals surface area contributed by atoms with Gasteiger partial charge in [0.2, 0.25) is 5.39 Å². The summed E-state index contributed by atoms with van der Waals surface area (Å²) in [6.07, 6.45) is 0. The number of nitrogens with zero attached hydrogens (tertiary/aromatic N) is 2. The van der Waals surface area contributed by atoms with Crippen molar-refractivity contribution in [2.24, 2.45) is 0 Å².